The van der Waals surface area contributed by atoms with Gasteiger partial charge in [-0.15, -0.1) is 0 Å². The second kappa shape index (κ2) is 8.67. The molecular formula is C23H24N2O5. The number of carbonyl (C=O) groups excluding carboxylic acids is 3. The predicted molar refractivity (Wildman–Crippen MR) is 109 cm³/mol. The lowest BCUT2D eigenvalue weighted by Gasteiger charge is -2.37. The molecule has 7 nitrogen and oxygen atoms in total. The molecule has 0 unspecified atom stereocenters. The number of fused-ring (bicyclic) bond motifs is 1. The number of amides is 3. The Hall–Kier alpha value is -3.19. The minimum Gasteiger partial charge on any atom is -0.445 e. The van der Waals surface area contributed by atoms with Crippen LogP contribution in [-0.2, 0) is 16.1 Å². The molecule has 0 saturated carbocycles. The van der Waals surface area contributed by atoms with Crippen LogP contribution < -0.4 is 0 Å². The van der Waals surface area contributed by atoms with Gasteiger partial charge in [-0.1, -0.05) is 42.5 Å². The normalized spacial score (nSPS) is 21.0. The number of ether oxygens (including phenoxy) is 2. The Morgan fingerprint density at radius 3 is 2.23 bits per heavy atom. The monoisotopic (exact) mass is 408 g/mol. The largest absolute Gasteiger partial charge is 0.445 e. The summed E-state index contributed by atoms with van der Waals surface area (Å²) in [6.45, 7) is 1.26. The van der Waals surface area contributed by atoms with E-state index in [1.165, 1.54) is 4.90 Å². The number of imide groups is 1. The molecule has 2 aliphatic rings. The van der Waals surface area contributed by atoms with Crippen LogP contribution in [-0.4, -0.2) is 60.6 Å². The van der Waals surface area contributed by atoms with Crippen molar-refractivity contribution in [3.8, 4) is 0 Å². The van der Waals surface area contributed by atoms with Gasteiger partial charge in [-0.2, -0.15) is 0 Å². The number of carbonyl (C=O) groups is 3. The van der Waals surface area contributed by atoms with Crippen LogP contribution in [0.3, 0.4) is 0 Å². The summed E-state index contributed by atoms with van der Waals surface area (Å²) >= 11 is 0. The molecule has 2 atom stereocenters. The van der Waals surface area contributed by atoms with Crippen molar-refractivity contribution in [1.82, 2.24) is 9.80 Å². The third-order valence-corrected chi connectivity index (χ3v) is 5.61. The van der Waals surface area contributed by atoms with Crippen molar-refractivity contribution in [2.24, 2.45) is 5.92 Å². The van der Waals surface area contributed by atoms with E-state index in [0.29, 0.717) is 30.6 Å². The maximum absolute atomic E-state index is 12.7. The van der Waals surface area contributed by atoms with Gasteiger partial charge in [-0.25, -0.2) is 4.79 Å². The lowest BCUT2D eigenvalue weighted by Crippen LogP contribution is -2.50. The van der Waals surface area contributed by atoms with Gasteiger partial charge in [0.15, 0.2) is 0 Å². The minimum atomic E-state index is -0.423. The van der Waals surface area contributed by atoms with E-state index in [4.69, 9.17) is 9.47 Å². The van der Waals surface area contributed by atoms with Crippen molar-refractivity contribution >= 4 is 17.9 Å². The molecule has 1 saturated heterocycles. The van der Waals surface area contributed by atoms with Gasteiger partial charge in [-0.05, 0) is 30.0 Å². The summed E-state index contributed by atoms with van der Waals surface area (Å²) in [5.74, 6) is -0.656. The van der Waals surface area contributed by atoms with Gasteiger partial charge in [0, 0.05) is 20.2 Å². The molecule has 3 amide bonds. The molecule has 0 aromatic heterocycles. The highest BCUT2D eigenvalue weighted by molar-refractivity contribution is 6.21. The number of methoxy groups -OCH3 is 1. The summed E-state index contributed by atoms with van der Waals surface area (Å²) < 4.78 is 11.0. The highest BCUT2D eigenvalue weighted by Crippen LogP contribution is 2.27. The third kappa shape index (κ3) is 4.07. The van der Waals surface area contributed by atoms with Gasteiger partial charge in [0.1, 0.15) is 6.61 Å². The summed E-state index contributed by atoms with van der Waals surface area (Å²) in [5, 5.41) is 0. The van der Waals surface area contributed by atoms with Crippen LogP contribution in [0, 0.1) is 5.92 Å². The van der Waals surface area contributed by atoms with Gasteiger partial charge >= 0.3 is 6.09 Å². The maximum Gasteiger partial charge on any atom is 0.410 e. The predicted octanol–water partition coefficient (Wildman–Crippen LogP) is 2.96. The average molecular weight is 408 g/mol. The van der Waals surface area contributed by atoms with Gasteiger partial charge in [0.25, 0.3) is 11.8 Å². The first-order valence-electron chi connectivity index (χ1n) is 10.0. The zero-order chi connectivity index (χ0) is 21.1. The molecule has 0 N–H and O–H groups in total. The summed E-state index contributed by atoms with van der Waals surface area (Å²) in [4.78, 5) is 40.9. The van der Waals surface area contributed by atoms with Gasteiger partial charge in [0.05, 0.1) is 23.8 Å². The molecule has 30 heavy (non-hydrogen) atoms. The topological polar surface area (TPSA) is 76.2 Å². The fourth-order valence-corrected chi connectivity index (χ4v) is 4.08. The van der Waals surface area contributed by atoms with E-state index < -0.39 is 6.09 Å². The molecule has 2 heterocycles. The zero-order valence-electron chi connectivity index (χ0n) is 16.8. The summed E-state index contributed by atoms with van der Waals surface area (Å²) in [7, 11) is 1.60. The number of likely N-dealkylation sites (tertiary alicyclic amines) is 1. The van der Waals surface area contributed by atoms with Crippen LogP contribution in [0.5, 0.6) is 0 Å². The van der Waals surface area contributed by atoms with Crippen LogP contribution >= 0.6 is 0 Å². The minimum absolute atomic E-state index is 0.0878. The smallest absolute Gasteiger partial charge is 0.410 e. The zero-order valence-corrected chi connectivity index (χ0v) is 16.8. The molecule has 2 aromatic carbocycles. The van der Waals surface area contributed by atoms with Crippen molar-refractivity contribution < 1.29 is 23.9 Å². The quantitative estimate of drug-likeness (QED) is 0.711. The van der Waals surface area contributed by atoms with E-state index in [-0.39, 0.29) is 37.0 Å². The average Bonchev–Trinajstić information content (AvgIpc) is 3.03. The summed E-state index contributed by atoms with van der Waals surface area (Å²) in [6, 6.07) is 16.3. The van der Waals surface area contributed by atoms with Crippen LogP contribution in [0.2, 0.25) is 0 Å². The first kappa shape index (κ1) is 20.1. The molecule has 0 spiro atoms. The molecule has 0 aliphatic carbocycles. The number of piperidine rings is 1. The Balaban J connectivity index is 1.41. The Bertz CT molecular complexity index is 911. The third-order valence-electron chi connectivity index (χ3n) is 5.61. The first-order chi connectivity index (χ1) is 14.6. The van der Waals surface area contributed by atoms with Gasteiger partial charge < -0.3 is 14.4 Å². The standard InChI is InChI=1S/C23H24N2O5/c1-29-18-11-17(13-25-21(26)19-9-5-6-10-20(19)22(25)27)12-24(14-18)23(28)30-15-16-7-3-2-4-8-16/h2-10,17-18H,11-15H2,1H3/t17-,18+/m1/s1. The van der Waals surface area contributed by atoms with E-state index in [9.17, 15) is 14.4 Å². The highest BCUT2D eigenvalue weighted by atomic mass is 16.6. The molecule has 0 radical (unpaired) electrons. The summed E-state index contributed by atoms with van der Waals surface area (Å²) in [6.07, 6.45) is 0.0583. The second-order valence-corrected chi connectivity index (χ2v) is 7.67. The van der Waals surface area contributed by atoms with E-state index >= 15 is 0 Å². The maximum atomic E-state index is 12.7. The Morgan fingerprint density at radius 1 is 0.967 bits per heavy atom. The fourth-order valence-electron chi connectivity index (χ4n) is 4.08. The Labute approximate surface area is 175 Å². The van der Waals surface area contributed by atoms with E-state index in [0.717, 1.165) is 5.56 Å². The first-order valence-corrected chi connectivity index (χ1v) is 10.0. The summed E-state index contributed by atoms with van der Waals surface area (Å²) in [5.41, 5.74) is 1.77. The van der Waals surface area contributed by atoms with Crippen LogP contribution in [0.25, 0.3) is 0 Å². The molecule has 4 rings (SSSR count). The Kier molecular flexibility index (Phi) is 5.81. The van der Waals surface area contributed by atoms with Crippen molar-refractivity contribution in [3.63, 3.8) is 0 Å². The molecule has 2 aliphatic heterocycles. The molecular weight excluding hydrogens is 384 g/mol. The number of hydrogen-bond acceptors (Lipinski definition) is 5. The van der Waals surface area contributed by atoms with Gasteiger partial charge in [-0.3, -0.25) is 14.5 Å². The lowest BCUT2D eigenvalue weighted by atomic mass is 9.95. The second-order valence-electron chi connectivity index (χ2n) is 7.67. The van der Waals surface area contributed by atoms with Crippen LogP contribution in [0.4, 0.5) is 4.79 Å². The number of nitrogens with zero attached hydrogens (tertiary/aromatic N) is 2. The lowest BCUT2D eigenvalue weighted by molar-refractivity contribution is -0.00255. The van der Waals surface area contributed by atoms with Gasteiger partial charge in [0.2, 0.25) is 0 Å². The molecule has 1 fully saturated rings. The SMILES string of the molecule is CO[C@H]1C[C@@H](CN2C(=O)c3ccccc3C2=O)CN(C(=O)OCc2ccccc2)C1. The number of hydrogen-bond donors (Lipinski definition) is 0. The molecule has 156 valence electrons. The number of rotatable bonds is 5. The van der Waals surface area contributed by atoms with Crippen LogP contribution in [0.1, 0.15) is 32.7 Å². The van der Waals surface area contributed by atoms with Crippen molar-refractivity contribution in [2.75, 3.05) is 26.7 Å². The number of benzene rings is 2. The molecule has 0 bridgehead atoms. The van der Waals surface area contributed by atoms with Crippen molar-refractivity contribution in [2.45, 2.75) is 19.1 Å². The van der Waals surface area contributed by atoms with E-state index in [2.05, 4.69) is 0 Å². The van der Waals surface area contributed by atoms with Crippen molar-refractivity contribution in [3.05, 3.63) is 71.3 Å². The highest BCUT2D eigenvalue weighted by Gasteiger charge is 2.39. The van der Waals surface area contributed by atoms with E-state index in [1.807, 2.05) is 30.3 Å². The molecule has 2 aromatic rings. The Morgan fingerprint density at radius 2 is 1.60 bits per heavy atom. The molecule has 7 heteroatoms. The fraction of sp³-hybridized carbons (Fsp3) is 0.348. The van der Waals surface area contributed by atoms with E-state index in [1.54, 1.807) is 36.3 Å². The van der Waals surface area contributed by atoms with Crippen molar-refractivity contribution in [1.29, 1.82) is 0 Å². The van der Waals surface area contributed by atoms with Crippen LogP contribution in [0.15, 0.2) is 54.6 Å².